The highest BCUT2D eigenvalue weighted by Crippen LogP contribution is 2.36. The summed E-state index contributed by atoms with van der Waals surface area (Å²) in [5.41, 5.74) is 0.852. The molecular weight excluding hydrogens is 252 g/mol. The first kappa shape index (κ1) is 12.8. The van der Waals surface area contributed by atoms with E-state index in [9.17, 15) is 0 Å². The second kappa shape index (κ2) is 5.72. The number of hydrogen-bond donors (Lipinski definition) is 0. The molecule has 0 aromatic rings. The van der Waals surface area contributed by atoms with E-state index in [-0.39, 0.29) is 5.60 Å². The van der Waals surface area contributed by atoms with Gasteiger partial charge in [0.2, 0.25) is 0 Å². The standard InChI is InChI=1S/C13H19BrO/c1-11(2)7-6-10-15-13(3)9-5-4-8-12(13)14/h12H,1,4-5,8-10H2,2-3H3/t12-,13-/m0/s1. The van der Waals surface area contributed by atoms with Gasteiger partial charge in [0.15, 0.2) is 0 Å². The Bertz CT molecular complexity index is 287. The highest BCUT2D eigenvalue weighted by atomic mass is 79.9. The first-order valence-electron chi connectivity index (χ1n) is 5.47. The molecule has 1 saturated carbocycles. The Morgan fingerprint density at radius 1 is 1.60 bits per heavy atom. The van der Waals surface area contributed by atoms with Gasteiger partial charge < -0.3 is 4.74 Å². The van der Waals surface area contributed by atoms with E-state index in [0.717, 1.165) is 12.0 Å². The maximum absolute atomic E-state index is 5.87. The summed E-state index contributed by atoms with van der Waals surface area (Å²) in [6, 6.07) is 0. The minimum Gasteiger partial charge on any atom is -0.361 e. The molecule has 15 heavy (non-hydrogen) atoms. The van der Waals surface area contributed by atoms with Gasteiger partial charge in [-0.2, -0.15) is 0 Å². The van der Waals surface area contributed by atoms with Crippen LogP contribution in [0.25, 0.3) is 0 Å². The second-order valence-electron chi connectivity index (χ2n) is 4.40. The third kappa shape index (κ3) is 4.01. The summed E-state index contributed by atoms with van der Waals surface area (Å²) in [4.78, 5) is 0.463. The van der Waals surface area contributed by atoms with Crippen LogP contribution in [0.3, 0.4) is 0 Å². The van der Waals surface area contributed by atoms with Gasteiger partial charge in [0.05, 0.1) is 5.60 Å². The van der Waals surface area contributed by atoms with Crippen LogP contribution in [0.2, 0.25) is 0 Å². The Kier molecular flexibility index (Phi) is 4.89. The van der Waals surface area contributed by atoms with E-state index in [1.807, 2.05) is 6.92 Å². The third-order valence-corrected chi connectivity index (χ3v) is 4.25. The molecule has 1 rings (SSSR count). The lowest BCUT2D eigenvalue weighted by Gasteiger charge is -2.37. The Labute approximate surface area is 101 Å². The minimum atomic E-state index is -0.0397. The molecule has 0 N–H and O–H groups in total. The fourth-order valence-electron chi connectivity index (χ4n) is 1.81. The molecule has 0 amide bonds. The molecule has 0 saturated heterocycles. The highest BCUT2D eigenvalue weighted by Gasteiger charge is 2.35. The van der Waals surface area contributed by atoms with Crippen LogP contribution in [0.5, 0.6) is 0 Å². The normalized spacial score (nSPS) is 30.5. The Morgan fingerprint density at radius 2 is 2.33 bits per heavy atom. The predicted octanol–water partition coefficient (Wildman–Crippen LogP) is 3.68. The Hall–Kier alpha value is -0.260. The Morgan fingerprint density at radius 3 is 2.93 bits per heavy atom. The molecule has 1 aliphatic rings. The highest BCUT2D eigenvalue weighted by molar-refractivity contribution is 9.09. The van der Waals surface area contributed by atoms with Crippen LogP contribution in [-0.4, -0.2) is 17.0 Å². The summed E-state index contributed by atoms with van der Waals surface area (Å²) in [6.45, 7) is 8.32. The fourth-order valence-corrected chi connectivity index (χ4v) is 2.50. The average molecular weight is 271 g/mol. The monoisotopic (exact) mass is 270 g/mol. The molecule has 0 aromatic heterocycles. The molecule has 0 bridgehead atoms. The van der Waals surface area contributed by atoms with E-state index in [2.05, 4.69) is 41.3 Å². The molecule has 0 unspecified atom stereocenters. The van der Waals surface area contributed by atoms with Crippen LogP contribution < -0.4 is 0 Å². The van der Waals surface area contributed by atoms with Crippen molar-refractivity contribution in [1.82, 2.24) is 0 Å². The maximum atomic E-state index is 5.87. The van der Waals surface area contributed by atoms with Gasteiger partial charge in [0.25, 0.3) is 0 Å². The zero-order valence-corrected chi connectivity index (χ0v) is 11.2. The molecule has 1 aliphatic carbocycles. The van der Waals surface area contributed by atoms with Crippen LogP contribution in [0.4, 0.5) is 0 Å². The number of hydrogen-bond acceptors (Lipinski definition) is 1. The van der Waals surface area contributed by atoms with Crippen LogP contribution in [0.1, 0.15) is 39.5 Å². The van der Waals surface area contributed by atoms with Crippen molar-refractivity contribution >= 4 is 15.9 Å². The number of rotatable bonds is 2. The van der Waals surface area contributed by atoms with Gasteiger partial charge in [-0.25, -0.2) is 0 Å². The average Bonchev–Trinajstić information content (AvgIpc) is 2.18. The first-order valence-corrected chi connectivity index (χ1v) is 6.38. The van der Waals surface area contributed by atoms with E-state index in [1.165, 1.54) is 19.3 Å². The lowest BCUT2D eigenvalue weighted by atomic mass is 9.86. The molecule has 1 nitrogen and oxygen atoms in total. The molecule has 84 valence electrons. The smallest absolute Gasteiger partial charge is 0.108 e. The summed E-state index contributed by atoms with van der Waals surface area (Å²) in [5.74, 6) is 5.92. The zero-order chi connectivity index (χ0) is 11.3. The molecule has 0 radical (unpaired) electrons. The second-order valence-corrected chi connectivity index (χ2v) is 5.50. The van der Waals surface area contributed by atoms with Gasteiger partial charge in [-0.05, 0) is 32.3 Å². The van der Waals surface area contributed by atoms with Gasteiger partial charge >= 0.3 is 0 Å². The van der Waals surface area contributed by atoms with Crippen molar-refractivity contribution in [3.8, 4) is 11.8 Å². The zero-order valence-electron chi connectivity index (χ0n) is 9.61. The maximum Gasteiger partial charge on any atom is 0.108 e. The SMILES string of the molecule is C=C(C)C#CCO[C@@]1(C)CCCC[C@@H]1Br. The number of alkyl halides is 1. The molecule has 0 aromatic carbocycles. The first-order chi connectivity index (χ1) is 7.04. The summed E-state index contributed by atoms with van der Waals surface area (Å²) >= 11 is 3.70. The quantitative estimate of drug-likeness (QED) is 0.550. The van der Waals surface area contributed by atoms with Gasteiger partial charge in [-0.3, -0.25) is 0 Å². The summed E-state index contributed by atoms with van der Waals surface area (Å²) in [5, 5.41) is 0. The predicted molar refractivity (Wildman–Crippen MR) is 68.1 cm³/mol. The fraction of sp³-hybridized carbons (Fsp3) is 0.692. The van der Waals surface area contributed by atoms with Crippen molar-refractivity contribution in [2.45, 2.75) is 50.0 Å². The number of ether oxygens (including phenoxy) is 1. The number of halogens is 1. The Balaban J connectivity index is 2.42. The molecule has 2 heteroatoms. The van der Waals surface area contributed by atoms with Crippen molar-refractivity contribution in [2.75, 3.05) is 6.61 Å². The van der Waals surface area contributed by atoms with Crippen molar-refractivity contribution in [3.05, 3.63) is 12.2 Å². The topological polar surface area (TPSA) is 9.23 Å². The largest absolute Gasteiger partial charge is 0.361 e. The van der Waals surface area contributed by atoms with Crippen molar-refractivity contribution in [1.29, 1.82) is 0 Å². The minimum absolute atomic E-state index is 0.0397. The van der Waals surface area contributed by atoms with Crippen LogP contribution in [0.15, 0.2) is 12.2 Å². The number of allylic oxidation sites excluding steroid dienone is 1. The summed E-state index contributed by atoms with van der Waals surface area (Å²) in [7, 11) is 0. The molecule has 2 atom stereocenters. The molecular formula is C13H19BrO. The van der Waals surface area contributed by atoms with E-state index in [4.69, 9.17) is 4.74 Å². The lowest BCUT2D eigenvalue weighted by molar-refractivity contribution is -0.0331. The van der Waals surface area contributed by atoms with Gasteiger partial charge in [0, 0.05) is 4.83 Å². The summed E-state index contributed by atoms with van der Waals surface area (Å²) < 4.78 is 5.87. The van der Waals surface area contributed by atoms with E-state index < -0.39 is 0 Å². The van der Waals surface area contributed by atoms with Crippen LogP contribution >= 0.6 is 15.9 Å². The van der Waals surface area contributed by atoms with Gasteiger partial charge in [0.1, 0.15) is 6.61 Å². The molecule has 0 heterocycles. The van der Waals surface area contributed by atoms with Crippen molar-refractivity contribution < 1.29 is 4.74 Å². The third-order valence-electron chi connectivity index (χ3n) is 2.82. The molecule has 1 fully saturated rings. The molecule has 0 aliphatic heterocycles. The van der Waals surface area contributed by atoms with E-state index in [1.54, 1.807) is 0 Å². The van der Waals surface area contributed by atoms with E-state index >= 15 is 0 Å². The van der Waals surface area contributed by atoms with Gasteiger partial charge in [-0.15, -0.1) is 0 Å². The van der Waals surface area contributed by atoms with Crippen LogP contribution in [0, 0.1) is 11.8 Å². The molecule has 0 spiro atoms. The van der Waals surface area contributed by atoms with E-state index in [0.29, 0.717) is 11.4 Å². The lowest BCUT2D eigenvalue weighted by Crippen LogP contribution is -2.41. The van der Waals surface area contributed by atoms with Crippen molar-refractivity contribution in [2.24, 2.45) is 0 Å². The van der Waals surface area contributed by atoms with Gasteiger partial charge in [-0.1, -0.05) is 47.2 Å². The van der Waals surface area contributed by atoms with Crippen LogP contribution in [-0.2, 0) is 4.74 Å². The summed E-state index contributed by atoms with van der Waals surface area (Å²) in [6.07, 6.45) is 4.88. The van der Waals surface area contributed by atoms with Crippen molar-refractivity contribution in [3.63, 3.8) is 0 Å².